The van der Waals surface area contributed by atoms with Gasteiger partial charge in [0.2, 0.25) is 0 Å². The minimum absolute atomic E-state index is 0.430. The Morgan fingerprint density at radius 1 is 0.784 bits per heavy atom. The smallest absolute Gasteiger partial charge is 0.418 e. The summed E-state index contributed by atoms with van der Waals surface area (Å²) in [7, 11) is 2.42. The number of piperidine rings is 1. The van der Waals surface area contributed by atoms with Crippen molar-refractivity contribution in [2.75, 3.05) is 51.1 Å². The Hall–Kier alpha value is -2.77. The van der Waals surface area contributed by atoms with E-state index in [-0.39, 0.29) is 0 Å². The molecule has 2 fully saturated rings. The maximum absolute atomic E-state index is 9.75. The fourth-order valence-corrected chi connectivity index (χ4v) is 5.39. The van der Waals surface area contributed by atoms with Gasteiger partial charge < -0.3 is 27.1 Å². The fourth-order valence-electron chi connectivity index (χ4n) is 5.39. The first kappa shape index (κ1) is 28.8. The molecule has 0 spiro atoms. The Bertz CT molecular complexity index is 1030. The number of hydrogen-bond donors (Lipinski definition) is 0. The largest absolute Gasteiger partial charge is 0.673 e. The predicted molar refractivity (Wildman–Crippen MR) is 150 cm³/mol. The molecular weight excluding hydrogens is 477 g/mol. The molecule has 0 radical (unpaired) electrons. The van der Waals surface area contributed by atoms with E-state index in [1.807, 2.05) is 0 Å². The van der Waals surface area contributed by atoms with Gasteiger partial charge in [-0.2, -0.15) is 0 Å². The second-order valence-electron chi connectivity index (χ2n) is 10.4. The molecule has 3 nitrogen and oxygen atoms in total. The Balaban J connectivity index is 0.000000695. The van der Waals surface area contributed by atoms with Crippen LogP contribution in [0.15, 0.2) is 54.6 Å². The van der Waals surface area contributed by atoms with Gasteiger partial charge in [0.25, 0.3) is 0 Å². The molecule has 37 heavy (non-hydrogen) atoms. The number of benzene rings is 2. The van der Waals surface area contributed by atoms with E-state index in [4.69, 9.17) is 0 Å². The van der Waals surface area contributed by atoms with Crippen LogP contribution in [-0.4, -0.2) is 58.8 Å². The number of rotatable bonds is 6. The lowest BCUT2D eigenvalue weighted by atomic mass is 9.83. The molecule has 1 aliphatic carbocycles. The number of halogens is 4. The number of allylic oxidation sites excluding steroid dienone is 1. The van der Waals surface area contributed by atoms with Gasteiger partial charge in [0, 0.05) is 70.7 Å². The van der Waals surface area contributed by atoms with Crippen molar-refractivity contribution in [3.63, 3.8) is 0 Å². The third kappa shape index (κ3) is 8.94. The normalized spacial score (nSPS) is 19.0. The third-order valence-electron chi connectivity index (χ3n) is 7.27. The molecule has 2 aromatic rings. The summed E-state index contributed by atoms with van der Waals surface area (Å²) in [6.07, 6.45) is 12.8. The highest BCUT2D eigenvalue weighted by Crippen LogP contribution is 2.38. The molecule has 0 bridgehead atoms. The Kier molecular flexibility index (Phi) is 10.2. The topological polar surface area (TPSA) is 9.49 Å². The maximum atomic E-state index is 9.75. The van der Waals surface area contributed by atoms with Gasteiger partial charge >= 0.3 is 7.25 Å². The molecule has 202 valence electrons. The van der Waals surface area contributed by atoms with Crippen molar-refractivity contribution >= 4 is 30.4 Å². The summed E-state index contributed by atoms with van der Waals surface area (Å²) in [6, 6.07) is 18.2. The van der Waals surface area contributed by atoms with Crippen LogP contribution in [0.5, 0.6) is 0 Å². The highest BCUT2D eigenvalue weighted by molar-refractivity contribution is 6.50. The molecular formula is C29H40BF4N3. The lowest BCUT2D eigenvalue weighted by Crippen LogP contribution is -2.31. The molecule has 2 aromatic carbocycles. The lowest BCUT2D eigenvalue weighted by molar-refractivity contribution is -0.540. The SMILES string of the molecule is CN(C)c1ccc(/C=C/C(c2ccc(N(C)C)cc2)C2CCCC2=[N+]2CCCCC2)cc1.F[B-](F)(F)F. The van der Waals surface area contributed by atoms with E-state index in [0.717, 1.165) is 0 Å². The lowest BCUT2D eigenvalue weighted by Gasteiger charge is -2.23. The van der Waals surface area contributed by atoms with E-state index in [0.29, 0.717) is 11.8 Å². The van der Waals surface area contributed by atoms with Crippen LogP contribution in [0.2, 0.25) is 0 Å². The minimum atomic E-state index is -6.00. The molecule has 1 heterocycles. The van der Waals surface area contributed by atoms with Crippen molar-refractivity contribution in [1.29, 1.82) is 0 Å². The fraction of sp³-hybridized carbons (Fsp3) is 0.483. The predicted octanol–water partition coefficient (Wildman–Crippen LogP) is 7.35. The van der Waals surface area contributed by atoms with E-state index in [9.17, 15) is 17.3 Å². The van der Waals surface area contributed by atoms with Crippen molar-refractivity contribution in [2.24, 2.45) is 5.92 Å². The molecule has 2 unspecified atom stereocenters. The van der Waals surface area contributed by atoms with Gasteiger partial charge in [-0.1, -0.05) is 36.4 Å². The van der Waals surface area contributed by atoms with Gasteiger partial charge in [-0.25, -0.2) is 4.58 Å². The average molecular weight is 517 g/mol. The van der Waals surface area contributed by atoms with Crippen LogP contribution in [0.25, 0.3) is 6.08 Å². The van der Waals surface area contributed by atoms with Crippen LogP contribution in [-0.2, 0) is 0 Å². The standard InChI is InChI=1S/C29H40N3.BF4/c1-30(2)25-16-11-23(12-17-25)13-20-27(24-14-18-26(19-15-24)31(3)4)28-9-8-10-29(28)32-21-6-5-7-22-32;2-1(3,4)5/h11-20,27-28H,5-10,21-22H2,1-4H3;/q+1;-1/b20-13+;. The number of anilines is 2. The summed E-state index contributed by atoms with van der Waals surface area (Å²) in [6.45, 7) is 2.52. The molecule has 4 rings (SSSR count). The minimum Gasteiger partial charge on any atom is -0.418 e. The van der Waals surface area contributed by atoms with E-state index in [1.165, 1.54) is 74.1 Å². The molecule has 1 saturated carbocycles. The number of hydrogen-bond acceptors (Lipinski definition) is 2. The van der Waals surface area contributed by atoms with Gasteiger partial charge in [-0.05, 0) is 54.7 Å². The quantitative estimate of drug-likeness (QED) is 0.225. The van der Waals surface area contributed by atoms with Crippen molar-refractivity contribution in [1.82, 2.24) is 0 Å². The van der Waals surface area contributed by atoms with Gasteiger partial charge in [0.15, 0.2) is 5.71 Å². The molecule has 0 N–H and O–H groups in total. The first-order valence-corrected chi connectivity index (χ1v) is 13.2. The number of nitrogens with zero attached hydrogens (tertiary/aromatic N) is 3. The van der Waals surface area contributed by atoms with Gasteiger partial charge in [-0.15, -0.1) is 0 Å². The Morgan fingerprint density at radius 3 is 1.81 bits per heavy atom. The summed E-state index contributed by atoms with van der Waals surface area (Å²) >= 11 is 0. The van der Waals surface area contributed by atoms with Crippen molar-refractivity contribution in [3.05, 3.63) is 65.7 Å². The zero-order chi connectivity index (χ0) is 27.0. The van der Waals surface area contributed by atoms with Gasteiger partial charge in [0.1, 0.15) is 13.1 Å². The summed E-state index contributed by atoms with van der Waals surface area (Å²) in [5.41, 5.74) is 6.96. The first-order chi connectivity index (χ1) is 17.5. The third-order valence-corrected chi connectivity index (χ3v) is 7.27. The monoisotopic (exact) mass is 517 g/mol. The van der Waals surface area contributed by atoms with Crippen molar-refractivity contribution < 1.29 is 21.8 Å². The summed E-state index contributed by atoms with van der Waals surface area (Å²) in [5.74, 6) is 1.05. The van der Waals surface area contributed by atoms with Crippen molar-refractivity contribution in [2.45, 2.75) is 44.4 Å². The van der Waals surface area contributed by atoms with E-state index in [1.54, 1.807) is 5.71 Å². The van der Waals surface area contributed by atoms with Crippen LogP contribution in [0.1, 0.15) is 55.6 Å². The molecule has 0 amide bonds. The summed E-state index contributed by atoms with van der Waals surface area (Å²) in [4.78, 5) is 4.34. The second kappa shape index (κ2) is 13.2. The van der Waals surface area contributed by atoms with Gasteiger partial charge in [0.05, 0.1) is 0 Å². The maximum Gasteiger partial charge on any atom is 0.673 e. The van der Waals surface area contributed by atoms with Crippen LogP contribution < -0.4 is 9.80 Å². The molecule has 0 aromatic heterocycles. The highest BCUT2D eigenvalue weighted by Gasteiger charge is 2.36. The zero-order valence-corrected chi connectivity index (χ0v) is 22.5. The molecule has 2 atom stereocenters. The molecule has 8 heteroatoms. The van der Waals surface area contributed by atoms with E-state index in [2.05, 4.69) is 103 Å². The summed E-state index contributed by atoms with van der Waals surface area (Å²) < 4.78 is 41.7. The second-order valence-corrected chi connectivity index (χ2v) is 10.4. The molecule has 1 saturated heterocycles. The average Bonchev–Trinajstić information content (AvgIpc) is 3.34. The first-order valence-electron chi connectivity index (χ1n) is 13.2. The Morgan fingerprint density at radius 2 is 1.30 bits per heavy atom. The highest BCUT2D eigenvalue weighted by atomic mass is 19.5. The van der Waals surface area contributed by atoms with Crippen LogP contribution in [0, 0.1) is 5.92 Å². The molecule has 1 aliphatic heterocycles. The summed E-state index contributed by atoms with van der Waals surface area (Å²) in [5, 5.41) is 0. The van der Waals surface area contributed by atoms with E-state index >= 15 is 0 Å². The van der Waals surface area contributed by atoms with Crippen LogP contribution in [0.3, 0.4) is 0 Å². The Labute approximate surface area is 219 Å². The van der Waals surface area contributed by atoms with Crippen LogP contribution in [0.4, 0.5) is 28.6 Å². The van der Waals surface area contributed by atoms with Crippen molar-refractivity contribution in [3.8, 4) is 0 Å². The zero-order valence-electron chi connectivity index (χ0n) is 22.5. The van der Waals surface area contributed by atoms with Gasteiger partial charge in [-0.3, -0.25) is 0 Å². The van der Waals surface area contributed by atoms with E-state index < -0.39 is 7.25 Å². The van der Waals surface area contributed by atoms with Crippen LogP contribution >= 0.6 is 0 Å². The molecule has 2 aliphatic rings.